The van der Waals surface area contributed by atoms with Crippen LogP contribution in [0.15, 0.2) is 60.7 Å². The maximum Gasteiger partial charge on any atom is 0.410 e. The minimum absolute atomic E-state index is 0.00232. The van der Waals surface area contributed by atoms with Gasteiger partial charge in [-0.1, -0.05) is 86.1 Å². The molecule has 2 aromatic rings. The SMILES string of the molecule is CC(C)[C@H](NC(=O)OCc1ccccc1)C(=O)OC1C[C@@H](C(=O)OCCl)N(C(=O)OCc2ccccc2)C1. The van der Waals surface area contributed by atoms with Gasteiger partial charge in [-0.25, -0.2) is 19.2 Å². The number of nitrogens with zero attached hydrogens (tertiary/aromatic N) is 1. The van der Waals surface area contributed by atoms with Crippen LogP contribution in [0.25, 0.3) is 0 Å². The predicted molar refractivity (Wildman–Crippen MR) is 137 cm³/mol. The van der Waals surface area contributed by atoms with Gasteiger partial charge in [-0.05, 0) is 17.0 Å². The third kappa shape index (κ3) is 8.37. The van der Waals surface area contributed by atoms with E-state index in [4.69, 9.17) is 30.5 Å². The van der Waals surface area contributed by atoms with Crippen LogP contribution in [0.3, 0.4) is 0 Å². The number of benzene rings is 2. The number of amides is 2. The van der Waals surface area contributed by atoms with Crippen LogP contribution in [0.5, 0.6) is 0 Å². The second kappa shape index (κ2) is 14.2. The van der Waals surface area contributed by atoms with Gasteiger partial charge in [0.1, 0.15) is 31.4 Å². The van der Waals surface area contributed by atoms with E-state index in [1.165, 1.54) is 0 Å². The summed E-state index contributed by atoms with van der Waals surface area (Å²) in [6.07, 6.45) is -2.37. The molecular weight excluding hydrogens is 516 g/mol. The zero-order chi connectivity index (χ0) is 27.5. The summed E-state index contributed by atoms with van der Waals surface area (Å²) in [6, 6.07) is 15.7. The van der Waals surface area contributed by atoms with Gasteiger partial charge in [0.05, 0.1) is 6.54 Å². The number of likely N-dealkylation sites (tertiary alicyclic amines) is 1. The molecule has 1 unspecified atom stereocenters. The van der Waals surface area contributed by atoms with E-state index >= 15 is 0 Å². The summed E-state index contributed by atoms with van der Waals surface area (Å²) < 4.78 is 21.1. The highest BCUT2D eigenvalue weighted by Crippen LogP contribution is 2.24. The second-order valence-corrected chi connectivity index (χ2v) is 9.22. The lowest BCUT2D eigenvalue weighted by Crippen LogP contribution is -2.46. The summed E-state index contributed by atoms with van der Waals surface area (Å²) in [5.74, 6) is -1.78. The number of ether oxygens (including phenoxy) is 4. The molecule has 11 heteroatoms. The molecule has 0 spiro atoms. The molecule has 1 aliphatic heterocycles. The van der Waals surface area contributed by atoms with Gasteiger partial charge in [0.2, 0.25) is 0 Å². The molecule has 0 radical (unpaired) electrons. The number of alkyl halides is 1. The maximum atomic E-state index is 13.0. The Labute approximate surface area is 226 Å². The molecule has 0 bridgehead atoms. The monoisotopic (exact) mass is 546 g/mol. The molecule has 1 fully saturated rings. The van der Waals surface area contributed by atoms with E-state index in [1.807, 2.05) is 48.5 Å². The fraction of sp³-hybridized carbons (Fsp3) is 0.407. The largest absolute Gasteiger partial charge is 0.459 e. The number of halogens is 1. The van der Waals surface area contributed by atoms with E-state index in [-0.39, 0.29) is 32.1 Å². The van der Waals surface area contributed by atoms with Crippen molar-refractivity contribution in [2.75, 3.05) is 12.6 Å². The van der Waals surface area contributed by atoms with Crippen LogP contribution < -0.4 is 5.32 Å². The number of carbonyl (C=O) groups is 4. The number of nitrogens with one attached hydrogen (secondary N) is 1. The number of hydrogen-bond acceptors (Lipinski definition) is 8. The van der Waals surface area contributed by atoms with Crippen molar-refractivity contribution in [2.45, 2.75) is 51.7 Å². The average molecular weight is 547 g/mol. The molecule has 1 aliphatic rings. The van der Waals surface area contributed by atoms with Crippen LogP contribution in [-0.4, -0.2) is 59.8 Å². The van der Waals surface area contributed by atoms with Crippen LogP contribution in [0.2, 0.25) is 0 Å². The van der Waals surface area contributed by atoms with Gasteiger partial charge in [-0.15, -0.1) is 0 Å². The number of rotatable bonds is 10. The standard InChI is InChI=1S/C27H31ClN2O8/c1-18(2)23(29-26(33)35-15-19-9-5-3-6-10-19)25(32)38-21-13-22(24(31)37-17-28)30(14-21)27(34)36-16-20-11-7-4-8-12-20/h3-12,18,21-23H,13-17H2,1-2H3,(H,29,33)/t21?,22-,23-/m0/s1. The normalized spacial score (nSPS) is 17.4. The maximum absolute atomic E-state index is 13.0. The van der Waals surface area contributed by atoms with Crippen LogP contribution in [0.4, 0.5) is 9.59 Å². The molecule has 1 heterocycles. The molecule has 2 amide bonds. The molecule has 2 aromatic carbocycles. The molecule has 1 saturated heterocycles. The molecule has 10 nitrogen and oxygen atoms in total. The fourth-order valence-electron chi connectivity index (χ4n) is 3.89. The number of hydrogen-bond donors (Lipinski definition) is 1. The van der Waals surface area contributed by atoms with Crippen molar-refractivity contribution in [2.24, 2.45) is 5.92 Å². The van der Waals surface area contributed by atoms with Crippen LogP contribution >= 0.6 is 11.6 Å². The van der Waals surface area contributed by atoms with Gasteiger partial charge >= 0.3 is 24.1 Å². The molecular formula is C27H31ClN2O8. The Hall–Kier alpha value is -3.79. The summed E-state index contributed by atoms with van der Waals surface area (Å²) >= 11 is 5.54. The van der Waals surface area contributed by atoms with Crippen molar-refractivity contribution in [3.8, 4) is 0 Å². The Bertz CT molecular complexity index is 1080. The molecule has 0 saturated carbocycles. The molecule has 38 heavy (non-hydrogen) atoms. The van der Waals surface area contributed by atoms with Crippen molar-refractivity contribution in [3.05, 3.63) is 71.8 Å². The van der Waals surface area contributed by atoms with Crippen LogP contribution in [0.1, 0.15) is 31.4 Å². The van der Waals surface area contributed by atoms with Crippen LogP contribution in [0, 0.1) is 5.92 Å². The number of esters is 2. The lowest BCUT2D eigenvalue weighted by Gasteiger charge is -2.23. The summed E-state index contributed by atoms with van der Waals surface area (Å²) in [4.78, 5) is 51.7. The fourth-order valence-corrected chi connectivity index (χ4v) is 3.99. The number of alkyl carbamates (subject to hydrolysis) is 1. The van der Waals surface area contributed by atoms with Crippen molar-refractivity contribution >= 4 is 35.7 Å². The smallest absolute Gasteiger partial charge is 0.410 e. The highest BCUT2D eigenvalue weighted by molar-refractivity contribution is 6.17. The minimum Gasteiger partial charge on any atom is -0.459 e. The Kier molecular flexibility index (Phi) is 10.8. The summed E-state index contributed by atoms with van der Waals surface area (Å²) in [6.45, 7) is 3.44. The van der Waals surface area contributed by atoms with Gasteiger partial charge in [-0.3, -0.25) is 4.90 Å². The first-order valence-electron chi connectivity index (χ1n) is 12.2. The quantitative estimate of drug-likeness (QED) is 0.270. The van der Waals surface area contributed by atoms with E-state index in [9.17, 15) is 19.2 Å². The van der Waals surface area contributed by atoms with Gasteiger partial charge in [-0.2, -0.15) is 0 Å². The van der Waals surface area contributed by atoms with E-state index < -0.39 is 48.4 Å². The van der Waals surface area contributed by atoms with Crippen molar-refractivity contribution < 1.29 is 38.1 Å². The minimum atomic E-state index is -1.05. The zero-order valence-electron chi connectivity index (χ0n) is 21.2. The average Bonchev–Trinajstić information content (AvgIpc) is 3.34. The lowest BCUT2D eigenvalue weighted by atomic mass is 10.0. The zero-order valence-corrected chi connectivity index (χ0v) is 22.0. The first kappa shape index (κ1) is 28.8. The molecule has 3 atom stereocenters. The third-order valence-electron chi connectivity index (χ3n) is 5.86. The Morgan fingerprint density at radius 3 is 2.05 bits per heavy atom. The highest BCUT2D eigenvalue weighted by Gasteiger charge is 2.44. The molecule has 3 rings (SSSR count). The second-order valence-electron chi connectivity index (χ2n) is 9.00. The topological polar surface area (TPSA) is 120 Å². The van der Waals surface area contributed by atoms with Crippen molar-refractivity contribution in [1.82, 2.24) is 10.2 Å². The first-order valence-corrected chi connectivity index (χ1v) is 12.7. The molecule has 0 aromatic heterocycles. The Morgan fingerprint density at radius 1 is 0.921 bits per heavy atom. The van der Waals surface area contributed by atoms with Crippen LogP contribution in [-0.2, 0) is 41.8 Å². The first-order chi connectivity index (χ1) is 18.3. The van der Waals surface area contributed by atoms with Crippen molar-refractivity contribution in [1.29, 1.82) is 0 Å². The van der Waals surface area contributed by atoms with Gasteiger partial charge in [0.15, 0.2) is 6.07 Å². The van der Waals surface area contributed by atoms with E-state index in [0.717, 1.165) is 16.0 Å². The van der Waals surface area contributed by atoms with E-state index in [0.29, 0.717) is 0 Å². The molecule has 1 N–H and O–H groups in total. The molecule has 0 aliphatic carbocycles. The Balaban J connectivity index is 1.59. The predicted octanol–water partition coefficient (Wildman–Crippen LogP) is 4.00. The third-order valence-corrected chi connectivity index (χ3v) is 5.97. The van der Waals surface area contributed by atoms with Gasteiger partial charge in [0, 0.05) is 6.42 Å². The van der Waals surface area contributed by atoms with Crippen molar-refractivity contribution in [3.63, 3.8) is 0 Å². The van der Waals surface area contributed by atoms with E-state index in [1.54, 1.807) is 26.0 Å². The van der Waals surface area contributed by atoms with Gasteiger partial charge < -0.3 is 24.3 Å². The number of carbonyl (C=O) groups excluding carboxylic acids is 4. The highest BCUT2D eigenvalue weighted by atomic mass is 35.5. The lowest BCUT2D eigenvalue weighted by molar-refractivity contribution is -0.153. The molecule has 204 valence electrons. The summed E-state index contributed by atoms with van der Waals surface area (Å²) in [5, 5.41) is 2.54. The summed E-state index contributed by atoms with van der Waals surface area (Å²) in [5.41, 5.74) is 1.57. The summed E-state index contributed by atoms with van der Waals surface area (Å²) in [7, 11) is 0. The van der Waals surface area contributed by atoms with E-state index in [2.05, 4.69) is 5.32 Å². The Morgan fingerprint density at radius 2 is 1.50 bits per heavy atom. The van der Waals surface area contributed by atoms with Gasteiger partial charge in [0.25, 0.3) is 0 Å².